The molecule has 0 aliphatic carbocycles. The molecular formula is C13H22N4O2. The van der Waals surface area contributed by atoms with Crippen LogP contribution in [0.3, 0.4) is 0 Å². The SMILES string of the molecule is COC1(CNc2nccc(N(C)C)n2)CCOCC1. The number of ether oxygens (including phenoxy) is 2. The number of nitrogens with one attached hydrogen (secondary N) is 1. The molecule has 1 fully saturated rings. The van der Waals surface area contributed by atoms with E-state index in [4.69, 9.17) is 9.47 Å². The Kier molecular flexibility index (Phi) is 4.55. The van der Waals surface area contributed by atoms with Crippen LogP contribution in [0.15, 0.2) is 12.3 Å². The zero-order valence-corrected chi connectivity index (χ0v) is 11.8. The van der Waals surface area contributed by atoms with E-state index in [1.807, 2.05) is 25.1 Å². The summed E-state index contributed by atoms with van der Waals surface area (Å²) in [5.74, 6) is 1.52. The minimum Gasteiger partial charge on any atom is -0.381 e. The lowest BCUT2D eigenvalue weighted by molar-refractivity contribution is -0.0807. The van der Waals surface area contributed by atoms with E-state index in [0.29, 0.717) is 12.5 Å². The molecule has 1 saturated heterocycles. The minimum atomic E-state index is -0.171. The third-order valence-electron chi connectivity index (χ3n) is 3.50. The molecule has 0 saturated carbocycles. The van der Waals surface area contributed by atoms with Crippen molar-refractivity contribution in [2.75, 3.05) is 51.2 Å². The Labute approximate surface area is 114 Å². The van der Waals surface area contributed by atoms with Gasteiger partial charge in [-0.25, -0.2) is 4.98 Å². The normalized spacial score (nSPS) is 18.1. The van der Waals surface area contributed by atoms with E-state index in [0.717, 1.165) is 31.9 Å². The molecule has 0 radical (unpaired) electrons. The van der Waals surface area contributed by atoms with Crippen LogP contribution in [0.5, 0.6) is 0 Å². The Morgan fingerprint density at radius 2 is 2.16 bits per heavy atom. The van der Waals surface area contributed by atoms with Crippen molar-refractivity contribution in [3.05, 3.63) is 12.3 Å². The van der Waals surface area contributed by atoms with Crippen LogP contribution in [0.4, 0.5) is 11.8 Å². The van der Waals surface area contributed by atoms with E-state index in [9.17, 15) is 0 Å². The first kappa shape index (κ1) is 14.0. The second-order valence-electron chi connectivity index (χ2n) is 4.99. The van der Waals surface area contributed by atoms with Gasteiger partial charge in [-0.15, -0.1) is 0 Å². The van der Waals surface area contributed by atoms with Crippen LogP contribution in [0.1, 0.15) is 12.8 Å². The third-order valence-corrected chi connectivity index (χ3v) is 3.50. The molecular weight excluding hydrogens is 244 g/mol. The van der Waals surface area contributed by atoms with Crippen LogP contribution >= 0.6 is 0 Å². The van der Waals surface area contributed by atoms with Crippen molar-refractivity contribution in [3.63, 3.8) is 0 Å². The Bertz CT molecular complexity index is 405. The highest BCUT2D eigenvalue weighted by Gasteiger charge is 2.32. The van der Waals surface area contributed by atoms with Crippen molar-refractivity contribution in [2.45, 2.75) is 18.4 Å². The average Bonchev–Trinajstić information content (AvgIpc) is 2.46. The van der Waals surface area contributed by atoms with Gasteiger partial charge in [-0.3, -0.25) is 0 Å². The predicted molar refractivity (Wildman–Crippen MR) is 74.6 cm³/mol. The summed E-state index contributed by atoms with van der Waals surface area (Å²) in [6, 6.07) is 1.88. The zero-order valence-electron chi connectivity index (χ0n) is 11.8. The summed E-state index contributed by atoms with van der Waals surface area (Å²) in [7, 11) is 5.67. The van der Waals surface area contributed by atoms with Gasteiger partial charge in [0.15, 0.2) is 0 Å². The fourth-order valence-corrected chi connectivity index (χ4v) is 2.12. The predicted octanol–water partition coefficient (Wildman–Crippen LogP) is 1.15. The topological polar surface area (TPSA) is 59.5 Å². The van der Waals surface area contributed by atoms with Gasteiger partial charge < -0.3 is 19.7 Å². The van der Waals surface area contributed by atoms with Gasteiger partial charge in [-0.2, -0.15) is 4.98 Å². The van der Waals surface area contributed by atoms with Gasteiger partial charge in [0.05, 0.1) is 5.60 Å². The summed E-state index contributed by atoms with van der Waals surface area (Å²) in [5.41, 5.74) is -0.171. The molecule has 1 aromatic rings. The van der Waals surface area contributed by atoms with E-state index in [1.54, 1.807) is 13.3 Å². The molecule has 0 spiro atoms. The van der Waals surface area contributed by atoms with Crippen molar-refractivity contribution in [2.24, 2.45) is 0 Å². The number of methoxy groups -OCH3 is 1. The van der Waals surface area contributed by atoms with Crippen LogP contribution in [0, 0.1) is 0 Å². The van der Waals surface area contributed by atoms with Gasteiger partial charge >= 0.3 is 0 Å². The average molecular weight is 266 g/mol. The van der Waals surface area contributed by atoms with Gasteiger partial charge in [-0.1, -0.05) is 0 Å². The van der Waals surface area contributed by atoms with Gasteiger partial charge in [-0.05, 0) is 6.07 Å². The number of anilines is 2. The molecule has 1 aliphatic rings. The number of nitrogens with zero attached hydrogens (tertiary/aromatic N) is 3. The highest BCUT2D eigenvalue weighted by molar-refractivity contribution is 5.40. The van der Waals surface area contributed by atoms with Crippen molar-refractivity contribution in [1.82, 2.24) is 9.97 Å². The smallest absolute Gasteiger partial charge is 0.224 e. The summed E-state index contributed by atoms with van der Waals surface area (Å²) >= 11 is 0. The highest BCUT2D eigenvalue weighted by Crippen LogP contribution is 2.24. The van der Waals surface area contributed by atoms with Crippen molar-refractivity contribution >= 4 is 11.8 Å². The standard InChI is InChI=1S/C13H22N4O2/c1-17(2)11-4-7-14-12(16-11)15-10-13(18-3)5-8-19-9-6-13/h4,7H,5-6,8-10H2,1-3H3,(H,14,15,16). The summed E-state index contributed by atoms with van der Waals surface area (Å²) < 4.78 is 11.1. The maximum absolute atomic E-state index is 5.67. The molecule has 0 bridgehead atoms. The van der Waals surface area contributed by atoms with E-state index in [1.165, 1.54) is 0 Å². The maximum atomic E-state index is 5.67. The number of hydrogen-bond donors (Lipinski definition) is 1. The van der Waals surface area contributed by atoms with Crippen molar-refractivity contribution in [1.29, 1.82) is 0 Å². The number of hydrogen-bond acceptors (Lipinski definition) is 6. The molecule has 2 heterocycles. The van der Waals surface area contributed by atoms with Crippen LogP contribution in [0.25, 0.3) is 0 Å². The lowest BCUT2D eigenvalue weighted by Gasteiger charge is -2.35. The molecule has 1 aliphatic heterocycles. The Balaban J connectivity index is 1.99. The Morgan fingerprint density at radius 1 is 1.42 bits per heavy atom. The molecule has 19 heavy (non-hydrogen) atoms. The fourth-order valence-electron chi connectivity index (χ4n) is 2.12. The molecule has 1 N–H and O–H groups in total. The molecule has 0 aromatic carbocycles. The monoisotopic (exact) mass is 266 g/mol. The molecule has 6 heteroatoms. The minimum absolute atomic E-state index is 0.171. The van der Waals surface area contributed by atoms with Crippen molar-refractivity contribution in [3.8, 4) is 0 Å². The van der Waals surface area contributed by atoms with Gasteiger partial charge in [0.25, 0.3) is 0 Å². The van der Waals surface area contributed by atoms with E-state index >= 15 is 0 Å². The lowest BCUT2D eigenvalue weighted by Crippen LogP contribution is -2.44. The number of aromatic nitrogens is 2. The molecule has 6 nitrogen and oxygen atoms in total. The van der Waals surface area contributed by atoms with E-state index in [2.05, 4.69) is 15.3 Å². The molecule has 1 aromatic heterocycles. The van der Waals surface area contributed by atoms with Gasteiger partial charge in [0, 0.05) is 60.0 Å². The summed E-state index contributed by atoms with van der Waals surface area (Å²) in [5, 5.41) is 3.27. The van der Waals surface area contributed by atoms with Crippen LogP contribution < -0.4 is 10.2 Å². The second kappa shape index (κ2) is 6.16. The molecule has 106 valence electrons. The quantitative estimate of drug-likeness (QED) is 0.862. The fraction of sp³-hybridized carbons (Fsp3) is 0.692. The first-order valence-electron chi connectivity index (χ1n) is 6.52. The number of rotatable bonds is 5. The first-order chi connectivity index (χ1) is 9.15. The molecule has 0 unspecified atom stereocenters. The molecule has 0 amide bonds. The molecule has 2 rings (SSSR count). The Morgan fingerprint density at radius 3 is 2.79 bits per heavy atom. The lowest BCUT2D eigenvalue weighted by atomic mass is 9.94. The van der Waals surface area contributed by atoms with Gasteiger partial charge in [0.2, 0.25) is 5.95 Å². The molecule has 0 atom stereocenters. The van der Waals surface area contributed by atoms with Crippen LogP contribution in [-0.2, 0) is 9.47 Å². The Hall–Kier alpha value is -1.40. The van der Waals surface area contributed by atoms with E-state index < -0.39 is 0 Å². The highest BCUT2D eigenvalue weighted by atomic mass is 16.5. The van der Waals surface area contributed by atoms with Gasteiger partial charge in [0.1, 0.15) is 5.82 Å². The third kappa shape index (κ3) is 3.54. The second-order valence-corrected chi connectivity index (χ2v) is 4.99. The maximum Gasteiger partial charge on any atom is 0.224 e. The van der Waals surface area contributed by atoms with Crippen LogP contribution in [-0.4, -0.2) is 56.5 Å². The largest absolute Gasteiger partial charge is 0.381 e. The van der Waals surface area contributed by atoms with Crippen LogP contribution in [0.2, 0.25) is 0 Å². The van der Waals surface area contributed by atoms with Crippen molar-refractivity contribution < 1.29 is 9.47 Å². The summed E-state index contributed by atoms with van der Waals surface area (Å²) in [4.78, 5) is 10.6. The van der Waals surface area contributed by atoms with E-state index in [-0.39, 0.29) is 5.60 Å². The summed E-state index contributed by atoms with van der Waals surface area (Å²) in [6.07, 6.45) is 3.54. The zero-order chi connectivity index (χ0) is 13.7. The summed E-state index contributed by atoms with van der Waals surface area (Å²) in [6.45, 7) is 2.19. The first-order valence-corrected chi connectivity index (χ1v) is 6.52.